The molecule has 5 heteroatoms. The first kappa shape index (κ1) is 19.4. The largest absolute Gasteiger partial charge is 0.326 e. The van der Waals surface area contributed by atoms with Gasteiger partial charge in [-0.3, -0.25) is 9.80 Å². The number of halogens is 1. The Morgan fingerprint density at radius 1 is 0.857 bits per heavy atom. The zero-order valence-electron chi connectivity index (χ0n) is 16.3. The monoisotopic (exact) mass is 396 g/mol. The van der Waals surface area contributed by atoms with E-state index in [4.69, 9.17) is 0 Å². The van der Waals surface area contributed by atoms with Crippen LogP contribution in [0.25, 0.3) is 11.0 Å². The minimum Gasteiger partial charge on any atom is -0.326 e. The molecule has 1 unspecified atom stereocenters. The van der Waals surface area contributed by atoms with Gasteiger partial charge in [0, 0.05) is 32.2 Å². The highest BCUT2D eigenvalue weighted by molar-refractivity contribution is 5.85. The molecule has 0 saturated carbocycles. The molecule has 2 aromatic carbocycles. The molecule has 0 aliphatic carbocycles. The molecule has 148 valence electrons. The van der Waals surface area contributed by atoms with Gasteiger partial charge >= 0.3 is 0 Å². The van der Waals surface area contributed by atoms with Crippen molar-refractivity contribution < 1.29 is 0 Å². The number of nitrogens with zero attached hydrogens (tertiary/aromatic N) is 4. The molecule has 1 atom stereocenters. The quantitative estimate of drug-likeness (QED) is 0.646. The van der Waals surface area contributed by atoms with Crippen LogP contribution < -0.4 is 0 Å². The fourth-order valence-electron chi connectivity index (χ4n) is 4.70. The predicted octanol–water partition coefficient (Wildman–Crippen LogP) is 4.18. The summed E-state index contributed by atoms with van der Waals surface area (Å²) in [5.41, 5.74) is 5.02. The maximum atomic E-state index is 4.49. The Kier molecular flexibility index (Phi) is 6.00. The molecule has 28 heavy (non-hydrogen) atoms. The number of benzene rings is 2. The molecule has 2 saturated heterocycles. The van der Waals surface area contributed by atoms with Gasteiger partial charge in [0.2, 0.25) is 0 Å². The van der Waals surface area contributed by atoms with E-state index in [1.165, 1.54) is 62.1 Å². The molecule has 2 aliphatic heterocycles. The lowest BCUT2D eigenvalue weighted by Crippen LogP contribution is -2.35. The van der Waals surface area contributed by atoms with Crippen LogP contribution in [0.1, 0.15) is 30.4 Å². The maximum Gasteiger partial charge on any atom is 0.0961 e. The molecule has 4 nitrogen and oxygen atoms in total. The third kappa shape index (κ3) is 4.09. The first-order valence-corrected chi connectivity index (χ1v) is 10.3. The third-order valence-corrected chi connectivity index (χ3v) is 6.21. The molecule has 0 radical (unpaired) electrons. The van der Waals surface area contributed by atoms with Crippen molar-refractivity contribution in [1.82, 2.24) is 19.4 Å². The number of likely N-dealkylation sites (tertiary alicyclic amines) is 2. The van der Waals surface area contributed by atoms with Crippen LogP contribution in [0.4, 0.5) is 0 Å². The van der Waals surface area contributed by atoms with Crippen molar-refractivity contribution in [3.05, 3.63) is 66.0 Å². The Morgan fingerprint density at radius 3 is 2.36 bits per heavy atom. The van der Waals surface area contributed by atoms with Crippen molar-refractivity contribution in [1.29, 1.82) is 0 Å². The van der Waals surface area contributed by atoms with Gasteiger partial charge in [-0.05, 0) is 55.6 Å². The SMILES string of the molecule is Cl.c1ccc2c(c1)ncn2Cc1ccc(CN2CCC(N3CCCC3)C2)cc1. The van der Waals surface area contributed by atoms with Crippen molar-refractivity contribution in [2.45, 2.75) is 38.4 Å². The van der Waals surface area contributed by atoms with Crippen LogP contribution in [0.2, 0.25) is 0 Å². The topological polar surface area (TPSA) is 24.3 Å². The number of rotatable bonds is 5. The van der Waals surface area contributed by atoms with E-state index in [2.05, 4.69) is 61.8 Å². The van der Waals surface area contributed by atoms with Crippen LogP contribution in [0, 0.1) is 0 Å². The number of para-hydroxylation sites is 2. The second-order valence-corrected chi connectivity index (χ2v) is 8.10. The fourth-order valence-corrected chi connectivity index (χ4v) is 4.70. The zero-order chi connectivity index (χ0) is 18.1. The van der Waals surface area contributed by atoms with Gasteiger partial charge in [-0.15, -0.1) is 12.4 Å². The highest BCUT2D eigenvalue weighted by atomic mass is 35.5. The first-order valence-electron chi connectivity index (χ1n) is 10.3. The van der Waals surface area contributed by atoms with Gasteiger partial charge in [-0.1, -0.05) is 36.4 Å². The average molecular weight is 397 g/mol. The standard InChI is InChI=1S/C23H28N4.ClH/c1-2-6-23-22(5-1)24-18-27(23)16-20-9-7-19(8-10-20)15-25-14-11-21(17-25)26-12-3-4-13-26;/h1-2,5-10,18,21H,3-4,11-17H2;1H. The van der Waals surface area contributed by atoms with Crippen molar-refractivity contribution in [2.75, 3.05) is 26.2 Å². The summed E-state index contributed by atoms with van der Waals surface area (Å²) in [4.78, 5) is 9.83. The third-order valence-electron chi connectivity index (χ3n) is 6.21. The summed E-state index contributed by atoms with van der Waals surface area (Å²) in [6, 6.07) is 18.3. The lowest BCUT2D eigenvalue weighted by atomic mass is 10.1. The Bertz CT molecular complexity index is 898. The molecule has 0 amide bonds. The highest BCUT2D eigenvalue weighted by Crippen LogP contribution is 2.22. The van der Waals surface area contributed by atoms with Gasteiger partial charge in [-0.2, -0.15) is 0 Å². The zero-order valence-corrected chi connectivity index (χ0v) is 17.2. The number of hydrogen-bond acceptors (Lipinski definition) is 3. The normalized spacial score (nSPS) is 20.6. The van der Waals surface area contributed by atoms with E-state index < -0.39 is 0 Å². The van der Waals surface area contributed by atoms with Crippen molar-refractivity contribution in [3.63, 3.8) is 0 Å². The first-order chi connectivity index (χ1) is 13.3. The predicted molar refractivity (Wildman–Crippen MR) is 117 cm³/mol. The summed E-state index contributed by atoms with van der Waals surface area (Å²) in [6.45, 7) is 7.07. The van der Waals surface area contributed by atoms with Crippen LogP contribution in [-0.4, -0.2) is 51.6 Å². The van der Waals surface area contributed by atoms with Crippen molar-refractivity contribution in [2.24, 2.45) is 0 Å². The number of fused-ring (bicyclic) bond motifs is 1. The van der Waals surface area contributed by atoms with E-state index in [1.807, 2.05) is 12.4 Å². The van der Waals surface area contributed by atoms with Crippen molar-refractivity contribution >= 4 is 23.4 Å². The lowest BCUT2D eigenvalue weighted by Gasteiger charge is -2.23. The molecule has 1 aromatic heterocycles. The summed E-state index contributed by atoms with van der Waals surface area (Å²) in [5.74, 6) is 0. The van der Waals surface area contributed by atoms with Crippen LogP contribution in [0.3, 0.4) is 0 Å². The summed E-state index contributed by atoms with van der Waals surface area (Å²) in [7, 11) is 0. The Labute approximate surface area is 173 Å². The van der Waals surface area contributed by atoms with Crippen LogP contribution in [0.5, 0.6) is 0 Å². The van der Waals surface area contributed by atoms with Gasteiger partial charge in [-0.25, -0.2) is 4.98 Å². The Hall–Kier alpha value is -1.88. The molecule has 3 heterocycles. The number of aromatic nitrogens is 2. The van der Waals surface area contributed by atoms with Gasteiger partial charge in [0.1, 0.15) is 0 Å². The van der Waals surface area contributed by atoms with E-state index in [0.717, 1.165) is 24.6 Å². The molecule has 0 bridgehead atoms. The van der Waals surface area contributed by atoms with Gasteiger partial charge in [0.05, 0.1) is 17.4 Å². The smallest absolute Gasteiger partial charge is 0.0961 e. The number of hydrogen-bond donors (Lipinski definition) is 0. The van der Waals surface area contributed by atoms with E-state index in [9.17, 15) is 0 Å². The van der Waals surface area contributed by atoms with E-state index in [0.29, 0.717) is 0 Å². The summed E-state index contributed by atoms with van der Waals surface area (Å²) in [5, 5.41) is 0. The minimum atomic E-state index is 0. The van der Waals surface area contributed by atoms with Gasteiger partial charge in [0.15, 0.2) is 0 Å². The van der Waals surface area contributed by atoms with E-state index in [-0.39, 0.29) is 12.4 Å². The Morgan fingerprint density at radius 2 is 1.57 bits per heavy atom. The van der Waals surface area contributed by atoms with Gasteiger partial charge in [0.25, 0.3) is 0 Å². The van der Waals surface area contributed by atoms with E-state index in [1.54, 1.807) is 0 Å². The summed E-state index contributed by atoms with van der Waals surface area (Å²) in [6.07, 6.45) is 6.07. The Balaban J connectivity index is 0.00000192. The van der Waals surface area contributed by atoms with Crippen LogP contribution in [0.15, 0.2) is 54.9 Å². The molecule has 2 fully saturated rings. The second kappa shape index (κ2) is 8.64. The second-order valence-electron chi connectivity index (χ2n) is 8.10. The number of imidazole rings is 1. The maximum absolute atomic E-state index is 4.49. The van der Waals surface area contributed by atoms with Crippen LogP contribution >= 0.6 is 12.4 Å². The molecule has 5 rings (SSSR count). The summed E-state index contributed by atoms with van der Waals surface area (Å²) < 4.78 is 2.23. The summed E-state index contributed by atoms with van der Waals surface area (Å²) >= 11 is 0. The average Bonchev–Trinajstić information content (AvgIpc) is 3.44. The fraction of sp³-hybridized carbons (Fsp3) is 0.435. The highest BCUT2D eigenvalue weighted by Gasteiger charge is 2.28. The molecule has 3 aromatic rings. The lowest BCUT2D eigenvalue weighted by molar-refractivity contribution is 0.230. The molecule has 2 aliphatic rings. The van der Waals surface area contributed by atoms with Crippen molar-refractivity contribution in [3.8, 4) is 0 Å². The molecular formula is C23H29ClN4. The minimum absolute atomic E-state index is 0. The molecule has 0 N–H and O–H groups in total. The van der Waals surface area contributed by atoms with Crippen LogP contribution in [-0.2, 0) is 13.1 Å². The molecular weight excluding hydrogens is 368 g/mol. The van der Waals surface area contributed by atoms with E-state index >= 15 is 0 Å². The molecule has 0 spiro atoms. The van der Waals surface area contributed by atoms with Gasteiger partial charge < -0.3 is 4.57 Å².